The van der Waals surface area contributed by atoms with Crippen LogP contribution in [0.5, 0.6) is 0 Å². The van der Waals surface area contributed by atoms with Crippen LogP contribution in [0.25, 0.3) is 0 Å². The zero-order valence-electron chi connectivity index (χ0n) is 15.5. The van der Waals surface area contributed by atoms with Gasteiger partial charge in [0.2, 0.25) is 0 Å². The lowest BCUT2D eigenvalue weighted by atomic mass is 9.97. The molecule has 0 aromatic heterocycles. The summed E-state index contributed by atoms with van der Waals surface area (Å²) in [5, 5.41) is -0.156. The highest BCUT2D eigenvalue weighted by molar-refractivity contribution is 7.85. The first-order valence-corrected chi connectivity index (χ1v) is 10.0. The molecule has 0 radical (unpaired) electrons. The van der Waals surface area contributed by atoms with Gasteiger partial charge in [-0.25, -0.2) is 0 Å². The molecule has 0 saturated heterocycles. The van der Waals surface area contributed by atoms with Crippen LogP contribution in [-0.2, 0) is 10.8 Å². The van der Waals surface area contributed by atoms with E-state index < -0.39 is 10.8 Å². The Morgan fingerprint density at radius 2 is 1.23 bits per heavy atom. The molecule has 3 aromatic rings. The molecule has 0 N–H and O–H groups in total. The molecule has 134 valence electrons. The summed E-state index contributed by atoms with van der Waals surface area (Å²) in [6.45, 7) is 2.05. The monoisotopic (exact) mass is 363 g/mol. The molecule has 0 bridgehead atoms. The third kappa shape index (κ3) is 4.12. The molecule has 3 atom stereocenters. The van der Waals surface area contributed by atoms with Crippen LogP contribution in [0.4, 0.5) is 0 Å². The summed E-state index contributed by atoms with van der Waals surface area (Å²) < 4.78 is 13.7. The lowest BCUT2D eigenvalue weighted by Gasteiger charge is -2.32. The Morgan fingerprint density at radius 3 is 1.73 bits per heavy atom. The Bertz CT molecular complexity index is 844. The maximum absolute atomic E-state index is 13.7. The number of hydrogen-bond acceptors (Lipinski definition) is 2. The molecule has 0 fully saturated rings. The van der Waals surface area contributed by atoms with Crippen molar-refractivity contribution in [1.29, 1.82) is 0 Å². The second kappa shape index (κ2) is 8.43. The summed E-state index contributed by atoms with van der Waals surface area (Å²) in [7, 11) is 2.94. The van der Waals surface area contributed by atoms with Crippen molar-refractivity contribution in [3.8, 4) is 0 Å². The highest BCUT2D eigenvalue weighted by atomic mass is 32.2. The fourth-order valence-electron chi connectivity index (χ4n) is 3.28. The Hall–Kier alpha value is -2.23. The van der Waals surface area contributed by atoms with Crippen LogP contribution in [0.1, 0.15) is 28.0 Å². The summed E-state index contributed by atoms with van der Waals surface area (Å²) in [5.41, 5.74) is 3.44. The quantitative estimate of drug-likeness (QED) is 0.604. The predicted octanol–water partition coefficient (Wildman–Crippen LogP) is 5.15. The maximum Gasteiger partial charge on any atom is 0.0840 e. The van der Waals surface area contributed by atoms with Gasteiger partial charge in [-0.15, -0.1) is 0 Å². The van der Waals surface area contributed by atoms with Crippen LogP contribution in [-0.4, -0.2) is 23.2 Å². The largest absolute Gasteiger partial charge is 0.301 e. The molecule has 0 heterocycles. The van der Waals surface area contributed by atoms with Crippen molar-refractivity contribution in [2.75, 3.05) is 14.1 Å². The summed E-state index contributed by atoms with van der Waals surface area (Å²) >= 11 is 0. The lowest BCUT2D eigenvalue weighted by Crippen LogP contribution is -2.29. The predicted molar refractivity (Wildman–Crippen MR) is 110 cm³/mol. The highest BCUT2D eigenvalue weighted by Gasteiger charge is 2.32. The number of benzene rings is 3. The Kier molecular flexibility index (Phi) is 6.02. The second-order valence-electron chi connectivity index (χ2n) is 6.76. The van der Waals surface area contributed by atoms with Crippen molar-refractivity contribution in [2.45, 2.75) is 23.1 Å². The number of likely N-dealkylation sites (N-methyl/N-ethyl adjacent to an activating group) is 1. The van der Waals surface area contributed by atoms with E-state index in [1.807, 2.05) is 67.6 Å². The first-order valence-electron chi connectivity index (χ1n) is 8.81. The lowest BCUT2D eigenvalue weighted by molar-refractivity contribution is 0.291. The van der Waals surface area contributed by atoms with Crippen molar-refractivity contribution in [3.05, 3.63) is 102 Å². The summed E-state index contributed by atoms with van der Waals surface area (Å²) in [4.78, 5) is 3.03. The zero-order chi connectivity index (χ0) is 18.5. The summed E-state index contributed by atoms with van der Waals surface area (Å²) in [6.07, 6.45) is 0. The average molecular weight is 364 g/mol. The van der Waals surface area contributed by atoms with Gasteiger partial charge in [0, 0.05) is 4.90 Å². The zero-order valence-corrected chi connectivity index (χ0v) is 16.3. The van der Waals surface area contributed by atoms with Gasteiger partial charge in [0.05, 0.1) is 22.1 Å². The molecule has 3 unspecified atom stereocenters. The van der Waals surface area contributed by atoms with Crippen LogP contribution < -0.4 is 0 Å². The van der Waals surface area contributed by atoms with E-state index in [9.17, 15) is 4.21 Å². The molecule has 3 rings (SSSR count). The van der Waals surface area contributed by atoms with Gasteiger partial charge in [-0.1, -0.05) is 78.4 Å². The van der Waals surface area contributed by atoms with E-state index in [1.165, 1.54) is 11.1 Å². The van der Waals surface area contributed by atoms with Gasteiger partial charge in [-0.2, -0.15) is 0 Å². The minimum atomic E-state index is -1.17. The molecule has 0 aliphatic heterocycles. The van der Waals surface area contributed by atoms with Crippen molar-refractivity contribution in [2.24, 2.45) is 0 Å². The second-order valence-corrected chi connectivity index (χ2v) is 8.33. The van der Waals surface area contributed by atoms with Crippen LogP contribution in [0.3, 0.4) is 0 Å². The third-order valence-corrected chi connectivity index (χ3v) is 6.32. The van der Waals surface area contributed by atoms with Gasteiger partial charge < -0.3 is 4.90 Å². The highest BCUT2D eigenvalue weighted by Crippen LogP contribution is 2.39. The minimum absolute atomic E-state index is 0.0146. The molecule has 26 heavy (non-hydrogen) atoms. The number of aryl methyl sites for hydroxylation is 1. The van der Waals surface area contributed by atoms with Crippen molar-refractivity contribution in [1.82, 2.24) is 4.90 Å². The van der Waals surface area contributed by atoms with E-state index >= 15 is 0 Å². The van der Waals surface area contributed by atoms with Gasteiger partial charge in [-0.05, 0) is 44.3 Å². The normalized spacial score (nSPS) is 14.8. The Labute approximate surface area is 159 Å². The standard InChI is InChI=1S/C23H25NOS/c1-18-14-16-21(17-15-18)26(25)23(20-12-8-5-9-13-20)22(24(2)3)19-10-6-4-7-11-19/h4-17,22-23H,1-3H3. The fourth-order valence-corrected chi connectivity index (χ4v) is 5.02. The summed E-state index contributed by atoms with van der Waals surface area (Å²) in [5.74, 6) is 0. The van der Waals surface area contributed by atoms with Crippen LogP contribution in [0, 0.1) is 6.92 Å². The summed E-state index contributed by atoms with van der Waals surface area (Å²) in [6, 6.07) is 28.6. The van der Waals surface area contributed by atoms with E-state index in [1.54, 1.807) is 0 Å². The van der Waals surface area contributed by atoms with Crippen LogP contribution in [0.15, 0.2) is 89.8 Å². The van der Waals surface area contributed by atoms with E-state index in [2.05, 4.69) is 43.3 Å². The van der Waals surface area contributed by atoms with Crippen molar-refractivity contribution in [3.63, 3.8) is 0 Å². The fraction of sp³-hybridized carbons (Fsp3) is 0.217. The van der Waals surface area contributed by atoms with E-state index in [0.717, 1.165) is 10.5 Å². The van der Waals surface area contributed by atoms with Gasteiger partial charge >= 0.3 is 0 Å². The third-order valence-electron chi connectivity index (χ3n) is 4.60. The van der Waals surface area contributed by atoms with Gasteiger partial charge in [-0.3, -0.25) is 4.21 Å². The average Bonchev–Trinajstić information content (AvgIpc) is 2.67. The molecule has 0 aliphatic rings. The van der Waals surface area contributed by atoms with Gasteiger partial charge in [0.1, 0.15) is 0 Å². The maximum atomic E-state index is 13.7. The molecule has 3 heteroatoms. The van der Waals surface area contributed by atoms with Crippen molar-refractivity contribution < 1.29 is 4.21 Å². The molecular weight excluding hydrogens is 338 g/mol. The molecule has 0 amide bonds. The smallest absolute Gasteiger partial charge is 0.0840 e. The topological polar surface area (TPSA) is 20.3 Å². The molecule has 0 saturated carbocycles. The molecule has 3 aromatic carbocycles. The Morgan fingerprint density at radius 1 is 0.731 bits per heavy atom. The molecule has 2 nitrogen and oxygen atoms in total. The van der Waals surface area contributed by atoms with E-state index in [4.69, 9.17) is 0 Å². The molecule has 0 spiro atoms. The van der Waals surface area contributed by atoms with E-state index in [0.29, 0.717) is 0 Å². The van der Waals surface area contributed by atoms with Crippen LogP contribution >= 0.6 is 0 Å². The number of nitrogens with zero attached hydrogens (tertiary/aromatic N) is 1. The van der Waals surface area contributed by atoms with Crippen LogP contribution in [0.2, 0.25) is 0 Å². The molecular formula is C23H25NOS. The number of hydrogen-bond donors (Lipinski definition) is 0. The molecule has 0 aliphatic carbocycles. The van der Waals surface area contributed by atoms with E-state index in [-0.39, 0.29) is 11.3 Å². The van der Waals surface area contributed by atoms with Crippen molar-refractivity contribution >= 4 is 10.8 Å². The first kappa shape index (κ1) is 18.6. The number of rotatable bonds is 6. The minimum Gasteiger partial charge on any atom is -0.301 e. The Balaban J connectivity index is 2.11. The SMILES string of the molecule is Cc1ccc(S(=O)C(c2ccccc2)C(c2ccccc2)N(C)C)cc1. The first-order chi connectivity index (χ1) is 12.6. The van der Waals surface area contributed by atoms with Gasteiger partial charge in [0.15, 0.2) is 0 Å². The van der Waals surface area contributed by atoms with Gasteiger partial charge in [0.25, 0.3) is 0 Å².